The van der Waals surface area contributed by atoms with Gasteiger partial charge >= 0.3 is 0 Å². The lowest BCUT2D eigenvalue weighted by molar-refractivity contribution is -0.00203. The number of pyridine rings is 1. The first-order valence-corrected chi connectivity index (χ1v) is 6.17. The highest BCUT2D eigenvalue weighted by atomic mass is 16.3. The summed E-state index contributed by atoms with van der Waals surface area (Å²) in [6.45, 7) is 3.01. The van der Waals surface area contributed by atoms with Crippen LogP contribution in [0.5, 0.6) is 0 Å². The SMILES string of the molecule is CNc1ccc(C(=O)N2CCC(C)(O)CC2)cn1. The molecule has 0 radical (unpaired) electrons. The molecule has 0 aromatic carbocycles. The van der Waals surface area contributed by atoms with Crippen molar-refractivity contribution in [2.45, 2.75) is 25.4 Å². The van der Waals surface area contributed by atoms with Crippen molar-refractivity contribution < 1.29 is 9.90 Å². The normalized spacial score (nSPS) is 18.5. The van der Waals surface area contributed by atoms with Crippen molar-refractivity contribution in [2.75, 3.05) is 25.5 Å². The molecule has 0 bridgehead atoms. The summed E-state index contributed by atoms with van der Waals surface area (Å²) in [6.07, 6.45) is 2.84. The summed E-state index contributed by atoms with van der Waals surface area (Å²) >= 11 is 0. The number of nitrogens with zero attached hydrogens (tertiary/aromatic N) is 2. The summed E-state index contributed by atoms with van der Waals surface area (Å²) in [7, 11) is 1.79. The van der Waals surface area contributed by atoms with E-state index in [1.165, 1.54) is 0 Å². The first-order chi connectivity index (χ1) is 8.52. The molecule has 2 rings (SSSR count). The van der Waals surface area contributed by atoms with Crippen molar-refractivity contribution in [3.05, 3.63) is 23.9 Å². The van der Waals surface area contributed by atoms with Gasteiger partial charge in [-0.05, 0) is 31.9 Å². The number of aliphatic hydroxyl groups is 1. The molecule has 0 spiro atoms. The van der Waals surface area contributed by atoms with Gasteiger partial charge in [0.25, 0.3) is 5.91 Å². The first-order valence-electron chi connectivity index (χ1n) is 6.17. The summed E-state index contributed by atoms with van der Waals surface area (Å²) in [5.41, 5.74) is -0.0408. The molecule has 1 saturated heterocycles. The van der Waals surface area contributed by atoms with Crippen LogP contribution in [0.1, 0.15) is 30.1 Å². The van der Waals surface area contributed by atoms with Crippen LogP contribution >= 0.6 is 0 Å². The largest absolute Gasteiger partial charge is 0.390 e. The van der Waals surface area contributed by atoms with Crippen molar-refractivity contribution in [1.82, 2.24) is 9.88 Å². The van der Waals surface area contributed by atoms with E-state index in [-0.39, 0.29) is 5.91 Å². The van der Waals surface area contributed by atoms with Crippen molar-refractivity contribution in [3.63, 3.8) is 0 Å². The number of carbonyl (C=O) groups is 1. The number of anilines is 1. The lowest BCUT2D eigenvalue weighted by Crippen LogP contribution is -2.45. The number of piperidine rings is 1. The Morgan fingerprint density at radius 1 is 1.44 bits per heavy atom. The van der Waals surface area contributed by atoms with Gasteiger partial charge in [0, 0.05) is 26.3 Å². The van der Waals surface area contributed by atoms with E-state index < -0.39 is 5.60 Å². The molecule has 0 unspecified atom stereocenters. The number of nitrogens with one attached hydrogen (secondary N) is 1. The van der Waals surface area contributed by atoms with Crippen LogP contribution in [-0.2, 0) is 0 Å². The molecule has 1 aliphatic rings. The highest BCUT2D eigenvalue weighted by Crippen LogP contribution is 2.22. The highest BCUT2D eigenvalue weighted by Gasteiger charge is 2.29. The Labute approximate surface area is 107 Å². The molecule has 0 atom stereocenters. The van der Waals surface area contributed by atoms with Gasteiger partial charge in [0.15, 0.2) is 0 Å². The van der Waals surface area contributed by atoms with Gasteiger partial charge in [-0.2, -0.15) is 0 Å². The number of likely N-dealkylation sites (tertiary alicyclic amines) is 1. The molecular weight excluding hydrogens is 230 g/mol. The quantitative estimate of drug-likeness (QED) is 0.824. The van der Waals surface area contributed by atoms with Crippen LogP contribution in [0.15, 0.2) is 18.3 Å². The second-order valence-electron chi connectivity index (χ2n) is 4.97. The predicted molar refractivity (Wildman–Crippen MR) is 69.5 cm³/mol. The van der Waals surface area contributed by atoms with Gasteiger partial charge in [0.05, 0.1) is 11.2 Å². The van der Waals surface area contributed by atoms with E-state index in [2.05, 4.69) is 10.3 Å². The zero-order valence-electron chi connectivity index (χ0n) is 10.8. The monoisotopic (exact) mass is 249 g/mol. The van der Waals surface area contributed by atoms with Crippen LogP contribution in [0.2, 0.25) is 0 Å². The van der Waals surface area contributed by atoms with E-state index in [1.807, 2.05) is 6.92 Å². The summed E-state index contributed by atoms with van der Waals surface area (Å²) < 4.78 is 0. The average Bonchev–Trinajstić information content (AvgIpc) is 2.38. The molecule has 1 aromatic heterocycles. The molecule has 1 amide bonds. The standard InChI is InChI=1S/C13H19N3O2/c1-13(18)5-7-16(8-6-13)12(17)10-3-4-11(14-2)15-9-10/h3-4,9,18H,5-8H2,1-2H3,(H,14,15). The van der Waals surface area contributed by atoms with E-state index in [9.17, 15) is 9.90 Å². The third-order valence-corrected chi connectivity index (χ3v) is 3.39. The number of aromatic nitrogens is 1. The number of carbonyl (C=O) groups excluding carboxylic acids is 1. The smallest absolute Gasteiger partial charge is 0.255 e. The molecule has 1 fully saturated rings. The van der Waals surface area contributed by atoms with Crippen LogP contribution in [0.25, 0.3) is 0 Å². The first kappa shape index (κ1) is 12.8. The Hall–Kier alpha value is -1.62. The van der Waals surface area contributed by atoms with E-state index >= 15 is 0 Å². The van der Waals surface area contributed by atoms with Crippen LogP contribution in [0.4, 0.5) is 5.82 Å². The predicted octanol–water partition coefficient (Wildman–Crippen LogP) is 1.11. The molecular formula is C13H19N3O2. The topological polar surface area (TPSA) is 65.5 Å². The van der Waals surface area contributed by atoms with Crippen LogP contribution in [0.3, 0.4) is 0 Å². The summed E-state index contributed by atoms with van der Waals surface area (Å²) in [5, 5.41) is 12.8. The molecule has 0 aliphatic carbocycles. The number of rotatable bonds is 2. The van der Waals surface area contributed by atoms with E-state index in [0.717, 1.165) is 5.82 Å². The Morgan fingerprint density at radius 3 is 2.61 bits per heavy atom. The number of amides is 1. The van der Waals surface area contributed by atoms with Crippen LogP contribution < -0.4 is 5.32 Å². The van der Waals surface area contributed by atoms with Crippen LogP contribution in [0, 0.1) is 0 Å². The van der Waals surface area contributed by atoms with Crippen molar-refractivity contribution in [3.8, 4) is 0 Å². The summed E-state index contributed by atoms with van der Waals surface area (Å²) in [6, 6.07) is 3.56. The third-order valence-electron chi connectivity index (χ3n) is 3.39. The maximum absolute atomic E-state index is 12.2. The fraction of sp³-hybridized carbons (Fsp3) is 0.538. The minimum Gasteiger partial charge on any atom is -0.390 e. The van der Waals surface area contributed by atoms with Crippen LogP contribution in [-0.4, -0.2) is 46.6 Å². The molecule has 1 aromatic rings. The minimum absolute atomic E-state index is 0.0133. The maximum Gasteiger partial charge on any atom is 0.255 e. The average molecular weight is 249 g/mol. The Kier molecular flexibility index (Phi) is 3.52. The lowest BCUT2D eigenvalue weighted by Gasteiger charge is -2.35. The van der Waals surface area contributed by atoms with Crippen molar-refractivity contribution in [1.29, 1.82) is 0 Å². The third kappa shape index (κ3) is 2.79. The number of hydrogen-bond acceptors (Lipinski definition) is 4. The highest BCUT2D eigenvalue weighted by molar-refractivity contribution is 5.94. The zero-order valence-corrected chi connectivity index (χ0v) is 10.8. The Balaban J connectivity index is 2.03. The Morgan fingerprint density at radius 2 is 2.11 bits per heavy atom. The number of hydrogen-bond donors (Lipinski definition) is 2. The molecule has 1 aliphatic heterocycles. The molecule has 18 heavy (non-hydrogen) atoms. The van der Waals surface area contributed by atoms with Gasteiger partial charge in [0.2, 0.25) is 0 Å². The lowest BCUT2D eigenvalue weighted by atomic mass is 9.93. The maximum atomic E-state index is 12.2. The van der Waals surface area contributed by atoms with E-state index in [4.69, 9.17) is 0 Å². The summed E-state index contributed by atoms with van der Waals surface area (Å²) in [5.74, 6) is 0.730. The van der Waals surface area contributed by atoms with Gasteiger partial charge in [0.1, 0.15) is 5.82 Å². The minimum atomic E-state index is -0.634. The van der Waals surface area contributed by atoms with Gasteiger partial charge < -0.3 is 15.3 Å². The molecule has 5 heteroatoms. The zero-order chi connectivity index (χ0) is 13.2. The molecule has 5 nitrogen and oxygen atoms in total. The van der Waals surface area contributed by atoms with E-state index in [0.29, 0.717) is 31.5 Å². The van der Waals surface area contributed by atoms with Gasteiger partial charge in [-0.3, -0.25) is 4.79 Å². The van der Waals surface area contributed by atoms with Gasteiger partial charge in [-0.25, -0.2) is 4.98 Å². The van der Waals surface area contributed by atoms with Gasteiger partial charge in [-0.1, -0.05) is 0 Å². The van der Waals surface area contributed by atoms with Gasteiger partial charge in [-0.15, -0.1) is 0 Å². The second kappa shape index (κ2) is 4.94. The molecule has 2 heterocycles. The van der Waals surface area contributed by atoms with Crippen molar-refractivity contribution in [2.24, 2.45) is 0 Å². The summed E-state index contributed by atoms with van der Waals surface area (Å²) in [4.78, 5) is 18.1. The molecule has 98 valence electrons. The fourth-order valence-electron chi connectivity index (χ4n) is 2.04. The molecule has 0 saturated carbocycles. The van der Waals surface area contributed by atoms with Crippen molar-refractivity contribution >= 4 is 11.7 Å². The second-order valence-corrected chi connectivity index (χ2v) is 4.97. The Bertz CT molecular complexity index is 418. The van der Waals surface area contributed by atoms with E-state index in [1.54, 1.807) is 30.3 Å². The fourth-order valence-corrected chi connectivity index (χ4v) is 2.04. The molecule has 2 N–H and O–H groups in total.